The molecule has 0 radical (unpaired) electrons. The standard InChI is InChI=1S/C15H16N2O/c1-3-14-13(5-4-10-17-14)11-6-8-12(9-7-11)15(18)16-2/h4-10H,3H2,1-2H3,(H,16,18). The molecule has 92 valence electrons. The zero-order valence-electron chi connectivity index (χ0n) is 10.6. The SMILES string of the molecule is CCc1ncccc1-c1ccc(C(=O)NC)cc1. The second-order valence-corrected chi connectivity index (χ2v) is 4.01. The van der Waals surface area contributed by atoms with Gasteiger partial charge in [0, 0.05) is 30.1 Å². The molecule has 1 aromatic carbocycles. The van der Waals surface area contributed by atoms with Crippen LogP contribution < -0.4 is 5.32 Å². The number of pyridine rings is 1. The van der Waals surface area contributed by atoms with Gasteiger partial charge in [0.05, 0.1) is 0 Å². The summed E-state index contributed by atoms with van der Waals surface area (Å²) in [5.74, 6) is -0.0662. The van der Waals surface area contributed by atoms with Crippen molar-refractivity contribution >= 4 is 5.91 Å². The fourth-order valence-electron chi connectivity index (χ4n) is 1.93. The van der Waals surface area contributed by atoms with Gasteiger partial charge in [-0.2, -0.15) is 0 Å². The number of aromatic nitrogens is 1. The van der Waals surface area contributed by atoms with Crippen LogP contribution in [0.3, 0.4) is 0 Å². The molecule has 2 aromatic rings. The van der Waals surface area contributed by atoms with Crippen molar-refractivity contribution in [3.63, 3.8) is 0 Å². The lowest BCUT2D eigenvalue weighted by Gasteiger charge is -2.07. The van der Waals surface area contributed by atoms with E-state index in [1.807, 2.05) is 30.3 Å². The molecule has 0 fully saturated rings. The van der Waals surface area contributed by atoms with Crippen molar-refractivity contribution < 1.29 is 4.79 Å². The maximum Gasteiger partial charge on any atom is 0.251 e. The Kier molecular flexibility index (Phi) is 3.72. The van der Waals surface area contributed by atoms with Gasteiger partial charge < -0.3 is 5.32 Å². The second kappa shape index (κ2) is 5.45. The van der Waals surface area contributed by atoms with Gasteiger partial charge in [-0.3, -0.25) is 9.78 Å². The Balaban J connectivity index is 2.37. The van der Waals surface area contributed by atoms with Crippen LogP contribution in [0.25, 0.3) is 11.1 Å². The highest BCUT2D eigenvalue weighted by atomic mass is 16.1. The topological polar surface area (TPSA) is 42.0 Å². The highest BCUT2D eigenvalue weighted by Gasteiger charge is 2.06. The molecule has 0 aliphatic rings. The third kappa shape index (κ3) is 2.40. The lowest BCUT2D eigenvalue weighted by Crippen LogP contribution is -2.17. The molecule has 0 unspecified atom stereocenters. The number of hydrogen-bond donors (Lipinski definition) is 1. The number of nitrogens with one attached hydrogen (secondary N) is 1. The first kappa shape index (κ1) is 12.3. The van der Waals surface area contributed by atoms with Crippen LogP contribution in [0.15, 0.2) is 42.6 Å². The molecule has 0 saturated carbocycles. The summed E-state index contributed by atoms with van der Waals surface area (Å²) in [5.41, 5.74) is 3.96. The van der Waals surface area contributed by atoms with Crippen LogP contribution >= 0.6 is 0 Å². The lowest BCUT2D eigenvalue weighted by atomic mass is 10.0. The van der Waals surface area contributed by atoms with E-state index in [1.54, 1.807) is 13.2 Å². The zero-order chi connectivity index (χ0) is 13.0. The Labute approximate surface area is 107 Å². The van der Waals surface area contributed by atoms with Gasteiger partial charge in [-0.1, -0.05) is 25.1 Å². The minimum Gasteiger partial charge on any atom is -0.355 e. The number of nitrogens with zero attached hydrogens (tertiary/aromatic N) is 1. The summed E-state index contributed by atoms with van der Waals surface area (Å²) >= 11 is 0. The molecule has 1 aromatic heterocycles. The quantitative estimate of drug-likeness (QED) is 0.896. The number of rotatable bonds is 3. The highest BCUT2D eigenvalue weighted by Crippen LogP contribution is 2.22. The van der Waals surface area contributed by atoms with Crippen molar-refractivity contribution in [2.45, 2.75) is 13.3 Å². The van der Waals surface area contributed by atoms with Gasteiger partial charge in [0.1, 0.15) is 0 Å². The third-order valence-electron chi connectivity index (χ3n) is 2.91. The molecule has 0 spiro atoms. The van der Waals surface area contributed by atoms with Gasteiger partial charge in [-0.05, 0) is 30.2 Å². The first-order valence-corrected chi connectivity index (χ1v) is 6.02. The number of amides is 1. The largest absolute Gasteiger partial charge is 0.355 e. The van der Waals surface area contributed by atoms with Crippen LogP contribution in [0.1, 0.15) is 23.0 Å². The fourth-order valence-corrected chi connectivity index (χ4v) is 1.93. The summed E-state index contributed by atoms with van der Waals surface area (Å²) in [4.78, 5) is 15.8. The molecule has 1 heterocycles. The van der Waals surface area contributed by atoms with Crippen molar-refractivity contribution in [2.24, 2.45) is 0 Å². The molecule has 18 heavy (non-hydrogen) atoms. The van der Waals surface area contributed by atoms with E-state index in [-0.39, 0.29) is 5.91 Å². The summed E-state index contributed by atoms with van der Waals surface area (Å²) in [6.45, 7) is 2.09. The highest BCUT2D eigenvalue weighted by molar-refractivity contribution is 5.94. The van der Waals surface area contributed by atoms with E-state index in [0.717, 1.165) is 23.2 Å². The molecule has 1 amide bonds. The van der Waals surface area contributed by atoms with Crippen LogP contribution in [-0.4, -0.2) is 17.9 Å². The summed E-state index contributed by atoms with van der Waals surface area (Å²) in [6.07, 6.45) is 2.70. The van der Waals surface area contributed by atoms with E-state index < -0.39 is 0 Å². The molecule has 0 atom stereocenters. The van der Waals surface area contributed by atoms with Crippen molar-refractivity contribution in [3.8, 4) is 11.1 Å². The number of aryl methyl sites for hydroxylation is 1. The van der Waals surface area contributed by atoms with Crippen LogP contribution in [-0.2, 0) is 6.42 Å². The molecule has 0 saturated heterocycles. The van der Waals surface area contributed by atoms with Gasteiger partial charge >= 0.3 is 0 Å². The number of benzene rings is 1. The van der Waals surface area contributed by atoms with Crippen molar-refractivity contribution in [2.75, 3.05) is 7.05 Å². The molecule has 0 aliphatic heterocycles. The molecule has 1 N–H and O–H groups in total. The van der Waals surface area contributed by atoms with Crippen molar-refractivity contribution in [3.05, 3.63) is 53.9 Å². The summed E-state index contributed by atoms with van der Waals surface area (Å²) < 4.78 is 0. The number of hydrogen-bond acceptors (Lipinski definition) is 2. The third-order valence-corrected chi connectivity index (χ3v) is 2.91. The molecular weight excluding hydrogens is 224 g/mol. The van der Waals surface area contributed by atoms with E-state index in [1.165, 1.54) is 0 Å². The smallest absolute Gasteiger partial charge is 0.251 e. The van der Waals surface area contributed by atoms with Crippen LogP contribution in [0.2, 0.25) is 0 Å². The van der Waals surface area contributed by atoms with Crippen molar-refractivity contribution in [1.29, 1.82) is 0 Å². The van der Waals surface area contributed by atoms with E-state index in [4.69, 9.17) is 0 Å². The summed E-state index contributed by atoms with van der Waals surface area (Å²) in [5, 5.41) is 2.61. The molecule has 0 aliphatic carbocycles. The molecule has 0 bridgehead atoms. The predicted octanol–water partition coefficient (Wildman–Crippen LogP) is 2.67. The lowest BCUT2D eigenvalue weighted by molar-refractivity contribution is 0.0963. The van der Waals surface area contributed by atoms with E-state index in [2.05, 4.69) is 23.3 Å². The Morgan fingerprint density at radius 3 is 2.56 bits per heavy atom. The minimum absolute atomic E-state index is 0.0662. The monoisotopic (exact) mass is 240 g/mol. The van der Waals surface area contributed by atoms with Crippen LogP contribution in [0.5, 0.6) is 0 Å². The summed E-state index contributed by atoms with van der Waals surface area (Å²) in [6, 6.07) is 11.6. The maximum absolute atomic E-state index is 11.5. The Hall–Kier alpha value is -2.16. The molecule has 3 heteroatoms. The molecule has 3 nitrogen and oxygen atoms in total. The van der Waals surface area contributed by atoms with E-state index in [9.17, 15) is 4.79 Å². The second-order valence-electron chi connectivity index (χ2n) is 4.01. The van der Waals surface area contributed by atoms with Gasteiger partial charge in [-0.15, -0.1) is 0 Å². The van der Waals surface area contributed by atoms with E-state index >= 15 is 0 Å². The fraction of sp³-hybridized carbons (Fsp3) is 0.200. The summed E-state index contributed by atoms with van der Waals surface area (Å²) in [7, 11) is 1.63. The molecule has 2 rings (SSSR count). The Morgan fingerprint density at radius 1 is 1.22 bits per heavy atom. The van der Waals surface area contributed by atoms with Gasteiger partial charge in [0.25, 0.3) is 5.91 Å². The zero-order valence-corrected chi connectivity index (χ0v) is 10.6. The Morgan fingerprint density at radius 2 is 1.94 bits per heavy atom. The average Bonchev–Trinajstić information content (AvgIpc) is 2.46. The first-order chi connectivity index (χ1) is 8.76. The minimum atomic E-state index is -0.0662. The number of carbonyl (C=O) groups is 1. The van der Waals surface area contributed by atoms with Gasteiger partial charge in [0.15, 0.2) is 0 Å². The normalized spacial score (nSPS) is 10.1. The maximum atomic E-state index is 11.5. The Bertz CT molecular complexity index is 547. The van der Waals surface area contributed by atoms with Crippen molar-refractivity contribution in [1.82, 2.24) is 10.3 Å². The number of carbonyl (C=O) groups excluding carboxylic acids is 1. The van der Waals surface area contributed by atoms with E-state index in [0.29, 0.717) is 5.56 Å². The molecular formula is C15H16N2O. The average molecular weight is 240 g/mol. The van der Waals surface area contributed by atoms with Gasteiger partial charge in [-0.25, -0.2) is 0 Å². The predicted molar refractivity (Wildman–Crippen MR) is 72.4 cm³/mol. The van der Waals surface area contributed by atoms with Gasteiger partial charge in [0.2, 0.25) is 0 Å². The van der Waals surface area contributed by atoms with Crippen LogP contribution in [0.4, 0.5) is 0 Å². The first-order valence-electron chi connectivity index (χ1n) is 6.02. The van der Waals surface area contributed by atoms with Crippen LogP contribution in [0, 0.1) is 0 Å².